The van der Waals surface area contributed by atoms with Crippen LogP contribution in [0, 0.1) is 0 Å². The quantitative estimate of drug-likeness (QED) is 0.563. The zero-order valence-corrected chi connectivity index (χ0v) is 12.5. The van der Waals surface area contributed by atoms with E-state index in [2.05, 4.69) is 20.8 Å². The van der Waals surface area contributed by atoms with Gasteiger partial charge in [0.15, 0.2) is 0 Å². The Morgan fingerprint density at radius 1 is 1.00 bits per heavy atom. The van der Waals surface area contributed by atoms with Crippen molar-refractivity contribution in [3.05, 3.63) is 27.8 Å². The summed E-state index contributed by atoms with van der Waals surface area (Å²) in [6.07, 6.45) is 9.25. The van der Waals surface area contributed by atoms with Crippen LogP contribution in [0.25, 0.3) is 0 Å². The third-order valence-electron chi connectivity index (χ3n) is 3.99. The molecule has 0 saturated carbocycles. The predicted molar refractivity (Wildman–Crippen MR) is 66.8 cm³/mol. The summed E-state index contributed by atoms with van der Waals surface area (Å²) >= 11 is 0. The Hall–Kier alpha value is 0.0643. The van der Waals surface area contributed by atoms with Gasteiger partial charge in [-0.3, -0.25) is 0 Å². The van der Waals surface area contributed by atoms with Crippen LogP contribution >= 0.6 is 0 Å². The molecule has 16 heavy (non-hydrogen) atoms. The maximum atomic E-state index is 2.32. The Labute approximate surface area is 115 Å². The van der Waals surface area contributed by atoms with E-state index in [1.54, 1.807) is 27.8 Å². The van der Waals surface area contributed by atoms with E-state index >= 15 is 0 Å². The van der Waals surface area contributed by atoms with Crippen LogP contribution in [0.15, 0.2) is 0 Å². The fourth-order valence-electron chi connectivity index (χ4n) is 3.40. The van der Waals surface area contributed by atoms with E-state index in [4.69, 9.17) is 0 Å². The van der Waals surface area contributed by atoms with Crippen molar-refractivity contribution in [1.29, 1.82) is 0 Å². The molecule has 0 aliphatic heterocycles. The van der Waals surface area contributed by atoms with Crippen LogP contribution in [0.2, 0.25) is 0 Å². The Morgan fingerprint density at radius 3 is 2.25 bits per heavy atom. The molecular formula is C15H23Ti-. The molecule has 88 valence electrons. The van der Waals surface area contributed by atoms with Crippen molar-refractivity contribution in [2.45, 2.75) is 65.7 Å². The van der Waals surface area contributed by atoms with Crippen LogP contribution in [0.5, 0.6) is 0 Å². The van der Waals surface area contributed by atoms with Gasteiger partial charge in [-0.15, -0.1) is 0 Å². The van der Waals surface area contributed by atoms with E-state index in [9.17, 15) is 0 Å². The van der Waals surface area contributed by atoms with E-state index in [0.29, 0.717) is 0 Å². The normalized spacial score (nSPS) is 14.4. The number of rotatable bonds is 3. The van der Waals surface area contributed by atoms with Crippen LogP contribution in [-0.4, -0.2) is 0 Å². The minimum absolute atomic E-state index is 0. The average Bonchev–Trinajstić information content (AvgIpc) is 2.61. The van der Waals surface area contributed by atoms with Crippen molar-refractivity contribution in [2.75, 3.05) is 0 Å². The van der Waals surface area contributed by atoms with Gasteiger partial charge in [0.2, 0.25) is 0 Å². The van der Waals surface area contributed by atoms with E-state index in [1.807, 2.05) is 0 Å². The van der Waals surface area contributed by atoms with E-state index < -0.39 is 0 Å². The molecule has 0 fully saturated rings. The summed E-state index contributed by atoms with van der Waals surface area (Å²) in [6, 6.07) is 0. The molecule has 0 atom stereocenters. The summed E-state index contributed by atoms with van der Waals surface area (Å²) in [5.41, 5.74) is 8.62. The fourth-order valence-corrected chi connectivity index (χ4v) is 3.40. The molecule has 0 radical (unpaired) electrons. The molecule has 0 N–H and O–H groups in total. The van der Waals surface area contributed by atoms with Gasteiger partial charge >= 0.3 is 0 Å². The van der Waals surface area contributed by atoms with Gasteiger partial charge in [-0.2, -0.15) is 27.8 Å². The molecule has 0 unspecified atom stereocenters. The maximum Gasteiger partial charge on any atom is 0 e. The Balaban J connectivity index is 0.00000128. The fraction of sp³-hybridized carbons (Fsp3) is 0.667. The first-order valence-electron chi connectivity index (χ1n) is 6.64. The SMILES string of the molecule is CCc1c2c([c-](CC)c1CC)CCCC2.[Ti]. The summed E-state index contributed by atoms with van der Waals surface area (Å²) < 4.78 is 0. The van der Waals surface area contributed by atoms with Crippen molar-refractivity contribution >= 4 is 0 Å². The van der Waals surface area contributed by atoms with Crippen molar-refractivity contribution in [1.82, 2.24) is 0 Å². The van der Waals surface area contributed by atoms with Gasteiger partial charge in [0, 0.05) is 21.7 Å². The minimum atomic E-state index is 0. The summed E-state index contributed by atoms with van der Waals surface area (Å²) in [5.74, 6) is 0. The number of hydrogen-bond acceptors (Lipinski definition) is 0. The molecule has 0 amide bonds. The van der Waals surface area contributed by atoms with Crippen LogP contribution in [0.1, 0.15) is 61.4 Å². The summed E-state index contributed by atoms with van der Waals surface area (Å²) in [5, 5.41) is 0. The number of fused-ring (bicyclic) bond motifs is 1. The summed E-state index contributed by atoms with van der Waals surface area (Å²) in [4.78, 5) is 0. The van der Waals surface area contributed by atoms with Gasteiger partial charge in [-0.05, 0) is 0 Å². The van der Waals surface area contributed by atoms with Crippen LogP contribution in [-0.2, 0) is 53.8 Å². The van der Waals surface area contributed by atoms with Gasteiger partial charge in [0.05, 0.1) is 0 Å². The minimum Gasteiger partial charge on any atom is -0.192 e. The Bertz CT molecular complexity index is 272. The van der Waals surface area contributed by atoms with Gasteiger partial charge < -0.3 is 0 Å². The first kappa shape index (κ1) is 14.1. The van der Waals surface area contributed by atoms with Crippen molar-refractivity contribution in [3.8, 4) is 0 Å². The van der Waals surface area contributed by atoms with Crippen molar-refractivity contribution in [2.24, 2.45) is 0 Å². The average molecular weight is 251 g/mol. The molecule has 1 heteroatoms. The van der Waals surface area contributed by atoms with Gasteiger partial charge in [0.1, 0.15) is 0 Å². The molecule has 1 aliphatic carbocycles. The van der Waals surface area contributed by atoms with Gasteiger partial charge in [0.25, 0.3) is 0 Å². The molecular weight excluding hydrogens is 228 g/mol. The smallest absolute Gasteiger partial charge is 0 e. The van der Waals surface area contributed by atoms with Crippen molar-refractivity contribution in [3.63, 3.8) is 0 Å². The Morgan fingerprint density at radius 2 is 1.69 bits per heavy atom. The first-order chi connectivity index (χ1) is 7.33. The molecule has 1 aliphatic rings. The second kappa shape index (κ2) is 6.12. The summed E-state index contributed by atoms with van der Waals surface area (Å²) in [6.45, 7) is 6.96. The van der Waals surface area contributed by atoms with Crippen LogP contribution in [0.3, 0.4) is 0 Å². The monoisotopic (exact) mass is 251 g/mol. The topological polar surface area (TPSA) is 0 Å². The standard InChI is InChI=1S/C15H23.Ti/c1-4-11-12(5-2)14-9-7-8-10-15(14)13(11)6-3;/h4-10H2,1-3H3;/q-1;. The van der Waals surface area contributed by atoms with E-state index in [1.165, 1.54) is 44.9 Å². The molecule has 0 saturated heterocycles. The zero-order chi connectivity index (χ0) is 10.8. The van der Waals surface area contributed by atoms with Crippen LogP contribution in [0.4, 0.5) is 0 Å². The van der Waals surface area contributed by atoms with Gasteiger partial charge in [-0.1, -0.05) is 65.7 Å². The molecule has 0 nitrogen and oxygen atoms in total. The third-order valence-corrected chi connectivity index (χ3v) is 3.99. The second-order valence-corrected chi connectivity index (χ2v) is 4.66. The largest absolute Gasteiger partial charge is 0.192 e. The summed E-state index contributed by atoms with van der Waals surface area (Å²) in [7, 11) is 0. The van der Waals surface area contributed by atoms with Gasteiger partial charge in [-0.25, -0.2) is 0 Å². The second-order valence-electron chi connectivity index (χ2n) is 4.66. The molecule has 0 bridgehead atoms. The first-order valence-corrected chi connectivity index (χ1v) is 6.64. The predicted octanol–water partition coefficient (Wildman–Crippen LogP) is 3.97. The molecule has 1 aromatic carbocycles. The number of hydrogen-bond donors (Lipinski definition) is 0. The van der Waals surface area contributed by atoms with E-state index in [-0.39, 0.29) is 21.7 Å². The van der Waals surface area contributed by atoms with Crippen LogP contribution < -0.4 is 0 Å². The molecule has 2 rings (SSSR count). The maximum absolute atomic E-state index is 2.32. The van der Waals surface area contributed by atoms with Crippen molar-refractivity contribution < 1.29 is 21.7 Å². The molecule has 0 spiro atoms. The van der Waals surface area contributed by atoms with E-state index in [0.717, 1.165) is 0 Å². The zero-order valence-electron chi connectivity index (χ0n) is 10.9. The third kappa shape index (κ3) is 2.20. The molecule has 1 aromatic rings. The molecule has 0 aromatic heterocycles. The Kier molecular flexibility index (Phi) is 5.40. The molecule has 0 heterocycles.